The third-order valence-corrected chi connectivity index (χ3v) is 3.39. The molecule has 0 amide bonds. The van der Waals surface area contributed by atoms with Crippen molar-refractivity contribution < 1.29 is 14.2 Å². The summed E-state index contributed by atoms with van der Waals surface area (Å²) in [6, 6.07) is 8.92. The summed E-state index contributed by atoms with van der Waals surface area (Å²) in [5.41, 5.74) is 0.475. The summed E-state index contributed by atoms with van der Waals surface area (Å²) in [5, 5.41) is 10.8. The molecule has 2 aromatic carbocycles. The van der Waals surface area contributed by atoms with E-state index < -0.39 is 11.9 Å². The topological polar surface area (TPSA) is 29.5 Å². The Morgan fingerprint density at radius 3 is 2.42 bits per heavy atom. The third-order valence-electron chi connectivity index (χ3n) is 2.77. The molecule has 1 N–H and O–H groups in total. The van der Waals surface area contributed by atoms with Crippen molar-refractivity contribution in [2.45, 2.75) is 6.10 Å². The minimum absolute atomic E-state index is 0.144. The van der Waals surface area contributed by atoms with Crippen LogP contribution in [0.2, 0.25) is 10.0 Å². The fourth-order valence-corrected chi connectivity index (χ4v) is 2.28. The highest BCUT2D eigenvalue weighted by molar-refractivity contribution is 6.34. The van der Waals surface area contributed by atoms with Gasteiger partial charge in [0.05, 0.1) is 17.2 Å². The van der Waals surface area contributed by atoms with Crippen LogP contribution in [0.1, 0.15) is 17.2 Å². The molecule has 0 aliphatic heterocycles. The van der Waals surface area contributed by atoms with E-state index in [1.54, 1.807) is 12.1 Å². The minimum atomic E-state index is -1.18. The van der Waals surface area contributed by atoms with Gasteiger partial charge >= 0.3 is 0 Å². The zero-order valence-electron chi connectivity index (χ0n) is 10.0. The number of ether oxygens (including phenoxy) is 1. The maximum absolute atomic E-state index is 13.6. The number of methoxy groups -OCH3 is 1. The van der Waals surface area contributed by atoms with Gasteiger partial charge in [0.25, 0.3) is 0 Å². The summed E-state index contributed by atoms with van der Waals surface area (Å²) in [6.45, 7) is 0. The first kappa shape index (κ1) is 14.1. The van der Waals surface area contributed by atoms with Crippen LogP contribution in [-0.4, -0.2) is 12.2 Å². The smallest absolute Gasteiger partial charge is 0.138 e. The number of benzene rings is 2. The molecule has 0 saturated heterocycles. The molecular weight excluding hydrogens is 290 g/mol. The molecule has 1 unspecified atom stereocenters. The number of rotatable bonds is 3. The summed E-state index contributed by atoms with van der Waals surface area (Å²) < 4.78 is 18.7. The normalized spacial score (nSPS) is 12.3. The van der Waals surface area contributed by atoms with E-state index in [0.717, 1.165) is 0 Å². The van der Waals surface area contributed by atoms with Gasteiger partial charge in [-0.1, -0.05) is 41.4 Å². The van der Waals surface area contributed by atoms with Gasteiger partial charge in [-0.15, -0.1) is 0 Å². The molecule has 1 atom stereocenters. The molecule has 100 valence electrons. The SMILES string of the molecule is COc1cc(Cl)c(C(O)c2ccccc2F)cc1Cl. The predicted molar refractivity (Wildman–Crippen MR) is 73.5 cm³/mol. The van der Waals surface area contributed by atoms with Crippen molar-refractivity contribution in [2.75, 3.05) is 7.11 Å². The molecule has 0 bridgehead atoms. The number of halogens is 3. The van der Waals surface area contributed by atoms with Crippen LogP contribution >= 0.6 is 23.2 Å². The Morgan fingerprint density at radius 2 is 1.79 bits per heavy atom. The molecule has 5 heteroatoms. The first-order valence-electron chi connectivity index (χ1n) is 5.50. The zero-order valence-corrected chi connectivity index (χ0v) is 11.5. The second-order valence-electron chi connectivity index (χ2n) is 3.93. The largest absolute Gasteiger partial charge is 0.495 e. The van der Waals surface area contributed by atoms with E-state index in [9.17, 15) is 9.50 Å². The summed E-state index contributed by atoms with van der Waals surface area (Å²) in [6.07, 6.45) is -1.18. The van der Waals surface area contributed by atoms with Gasteiger partial charge in [0.2, 0.25) is 0 Å². The molecule has 19 heavy (non-hydrogen) atoms. The highest BCUT2D eigenvalue weighted by Crippen LogP contribution is 2.36. The Bertz CT molecular complexity index is 602. The maximum atomic E-state index is 13.6. The Kier molecular flexibility index (Phi) is 4.30. The Labute approximate surface area is 120 Å². The minimum Gasteiger partial charge on any atom is -0.495 e. The fourth-order valence-electron chi connectivity index (χ4n) is 1.77. The summed E-state index contributed by atoms with van der Waals surface area (Å²) >= 11 is 12.0. The molecule has 2 rings (SSSR count). The van der Waals surface area contributed by atoms with Crippen LogP contribution in [-0.2, 0) is 0 Å². The number of aliphatic hydroxyl groups excluding tert-OH is 1. The van der Waals surface area contributed by atoms with E-state index in [1.807, 2.05) is 0 Å². The first-order chi connectivity index (χ1) is 9.04. The average molecular weight is 301 g/mol. The van der Waals surface area contributed by atoms with E-state index in [0.29, 0.717) is 16.3 Å². The van der Waals surface area contributed by atoms with Gasteiger partial charge in [0.15, 0.2) is 0 Å². The van der Waals surface area contributed by atoms with Crippen molar-refractivity contribution in [1.29, 1.82) is 0 Å². The molecule has 0 radical (unpaired) electrons. The number of aliphatic hydroxyl groups is 1. The van der Waals surface area contributed by atoms with Crippen LogP contribution in [0.4, 0.5) is 4.39 Å². The zero-order chi connectivity index (χ0) is 14.0. The lowest BCUT2D eigenvalue weighted by molar-refractivity contribution is 0.215. The molecule has 0 saturated carbocycles. The molecule has 0 spiro atoms. The second kappa shape index (κ2) is 5.78. The summed E-state index contributed by atoms with van der Waals surface area (Å²) in [5.74, 6) is -0.103. The van der Waals surface area contributed by atoms with E-state index in [2.05, 4.69) is 0 Å². The standard InChI is InChI=1S/C14H11Cl2FO2/c1-19-13-7-10(15)9(6-11(13)16)14(18)8-4-2-3-5-12(8)17/h2-7,14,18H,1H3. The van der Waals surface area contributed by atoms with Crippen LogP contribution in [0, 0.1) is 5.82 Å². The van der Waals surface area contributed by atoms with E-state index in [1.165, 1.54) is 31.4 Å². The average Bonchev–Trinajstić information content (AvgIpc) is 2.40. The third kappa shape index (κ3) is 2.84. The summed E-state index contributed by atoms with van der Waals surface area (Å²) in [7, 11) is 1.46. The van der Waals surface area contributed by atoms with Crippen LogP contribution < -0.4 is 4.74 Å². The second-order valence-corrected chi connectivity index (χ2v) is 4.75. The van der Waals surface area contributed by atoms with Crippen LogP contribution in [0.25, 0.3) is 0 Å². The van der Waals surface area contributed by atoms with E-state index in [4.69, 9.17) is 27.9 Å². The van der Waals surface area contributed by atoms with E-state index >= 15 is 0 Å². The summed E-state index contributed by atoms with van der Waals surface area (Å²) in [4.78, 5) is 0. The molecule has 0 aliphatic rings. The Balaban J connectivity index is 2.48. The van der Waals surface area contributed by atoms with Gasteiger partial charge in [-0.25, -0.2) is 4.39 Å². The van der Waals surface area contributed by atoms with Crippen molar-refractivity contribution in [1.82, 2.24) is 0 Å². The van der Waals surface area contributed by atoms with Crippen molar-refractivity contribution in [3.63, 3.8) is 0 Å². The van der Waals surface area contributed by atoms with Gasteiger partial charge in [-0.05, 0) is 12.1 Å². The molecule has 0 heterocycles. The van der Waals surface area contributed by atoms with Gasteiger partial charge in [-0.2, -0.15) is 0 Å². The first-order valence-corrected chi connectivity index (χ1v) is 6.25. The molecule has 2 aromatic rings. The molecule has 0 fully saturated rings. The number of hydrogen-bond acceptors (Lipinski definition) is 2. The van der Waals surface area contributed by atoms with Crippen LogP contribution in [0.15, 0.2) is 36.4 Å². The molecule has 0 aromatic heterocycles. The van der Waals surface area contributed by atoms with Crippen molar-refractivity contribution >= 4 is 23.2 Å². The Hall–Kier alpha value is -1.29. The fraction of sp³-hybridized carbons (Fsp3) is 0.143. The maximum Gasteiger partial charge on any atom is 0.138 e. The highest BCUT2D eigenvalue weighted by Gasteiger charge is 2.19. The number of hydrogen-bond donors (Lipinski definition) is 1. The van der Waals surface area contributed by atoms with Crippen LogP contribution in [0.5, 0.6) is 5.75 Å². The monoisotopic (exact) mass is 300 g/mol. The van der Waals surface area contributed by atoms with Gasteiger partial charge in [0, 0.05) is 17.2 Å². The quantitative estimate of drug-likeness (QED) is 0.919. The van der Waals surface area contributed by atoms with Crippen molar-refractivity contribution in [3.8, 4) is 5.75 Å². The van der Waals surface area contributed by atoms with Gasteiger partial charge in [-0.3, -0.25) is 0 Å². The van der Waals surface area contributed by atoms with Gasteiger partial charge in [0.1, 0.15) is 17.7 Å². The lowest BCUT2D eigenvalue weighted by Crippen LogP contribution is -2.03. The molecule has 0 aliphatic carbocycles. The Morgan fingerprint density at radius 1 is 1.11 bits per heavy atom. The molecule has 2 nitrogen and oxygen atoms in total. The lowest BCUT2D eigenvalue weighted by Gasteiger charge is -2.15. The lowest BCUT2D eigenvalue weighted by atomic mass is 10.0. The van der Waals surface area contributed by atoms with Crippen molar-refractivity contribution in [2.24, 2.45) is 0 Å². The predicted octanol–water partition coefficient (Wildman–Crippen LogP) is 4.22. The van der Waals surface area contributed by atoms with Gasteiger partial charge < -0.3 is 9.84 Å². The van der Waals surface area contributed by atoms with Crippen molar-refractivity contribution in [3.05, 3.63) is 63.4 Å². The van der Waals surface area contributed by atoms with Crippen LogP contribution in [0.3, 0.4) is 0 Å². The van der Waals surface area contributed by atoms with E-state index in [-0.39, 0.29) is 10.6 Å². The molecular formula is C14H11Cl2FO2. The highest BCUT2D eigenvalue weighted by atomic mass is 35.5.